The summed E-state index contributed by atoms with van der Waals surface area (Å²) in [6.45, 7) is 4.80. The van der Waals surface area contributed by atoms with Crippen molar-refractivity contribution in [1.82, 2.24) is 10.6 Å². The summed E-state index contributed by atoms with van der Waals surface area (Å²) in [6.07, 6.45) is 1.58. The van der Waals surface area contributed by atoms with Crippen LogP contribution in [0.1, 0.15) is 43.2 Å². The molecule has 25 heavy (non-hydrogen) atoms. The first-order valence-electron chi connectivity index (χ1n) is 8.88. The molecule has 4 nitrogen and oxygen atoms in total. The molecule has 5 heteroatoms. The minimum Gasteiger partial charge on any atom is -0.445 e. The fraction of sp³-hybridized carbons (Fsp3) is 0.450. The number of nitrogens with one attached hydrogen (secondary N) is 2. The van der Waals surface area contributed by atoms with Crippen LogP contribution in [0, 0.1) is 5.92 Å². The molecule has 1 fully saturated rings. The van der Waals surface area contributed by atoms with Crippen molar-refractivity contribution in [3.8, 4) is 0 Å². The lowest BCUT2D eigenvalue weighted by molar-refractivity contribution is 0.123. The Kier molecular flexibility index (Phi) is 6.10. The van der Waals surface area contributed by atoms with Gasteiger partial charge >= 0.3 is 6.09 Å². The average molecular weight is 359 g/mol. The first-order chi connectivity index (χ1) is 12.1. The number of rotatable bonds is 7. The normalized spacial score (nSPS) is 20.8. The lowest BCUT2D eigenvalue weighted by atomic mass is 9.85. The molecule has 3 rings (SSSR count). The molecule has 2 aromatic rings. The maximum absolute atomic E-state index is 11.9. The lowest BCUT2D eigenvalue weighted by Crippen LogP contribution is -2.53. The summed E-state index contributed by atoms with van der Waals surface area (Å²) in [4.78, 5) is 13.3. The molecule has 0 radical (unpaired) electrons. The molecule has 2 N–H and O–H groups in total. The zero-order valence-electron chi connectivity index (χ0n) is 14.8. The number of alkyl carbamates (subject to hydrolysis) is 1. The molecule has 0 saturated heterocycles. The predicted molar refractivity (Wildman–Crippen MR) is 102 cm³/mol. The van der Waals surface area contributed by atoms with E-state index in [0.29, 0.717) is 24.6 Å². The molecular formula is C20H26N2O2S. The molecular weight excluding hydrogens is 332 g/mol. The van der Waals surface area contributed by atoms with E-state index in [1.165, 1.54) is 4.88 Å². The monoisotopic (exact) mass is 358 g/mol. The van der Waals surface area contributed by atoms with E-state index in [1.807, 2.05) is 30.3 Å². The minimum atomic E-state index is -0.328. The summed E-state index contributed by atoms with van der Waals surface area (Å²) in [7, 11) is 0. The highest BCUT2D eigenvalue weighted by molar-refractivity contribution is 7.10. The number of benzene rings is 1. The number of thiophene rings is 1. The van der Waals surface area contributed by atoms with Crippen molar-refractivity contribution >= 4 is 17.4 Å². The summed E-state index contributed by atoms with van der Waals surface area (Å²) in [5.74, 6) is 0.543. The number of ether oxygens (including phenoxy) is 1. The van der Waals surface area contributed by atoms with Crippen molar-refractivity contribution in [3.63, 3.8) is 0 Å². The molecule has 1 saturated carbocycles. The van der Waals surface area contributed by atoms with Crippen molar-refractivity contribution in [2.45, 2.75) is 51.4 Å². The predicted octanol–water partition coefficient (Wildman–Crippen LogP) is 4.49. The minimum absolute atomic E-state index is 0.205. The highest BCUT2D eigenvalue weighted by Crippen LogP contribution is 2.30. The molecule has 1 amide bonds. The average Bonchev–Trinajstić information content (AvgIpc) is 3.09. The second-order valence-corrected chi connectivity index (χ2v) is 7.95. The van der Waals surface area contributed by atoms with Crippen molar-refractivity contribution in [3.05, 3.63) is 58.3 Å². The van der Waals surface area contributed by atoms with Gasteiger partial charge in [0.25, 0.3) is 0 Å². The summed E-state index contributed by atoms with van der Waals surface area (Å²) < 4.78 is 5.28. The van der Waals surface area contributed by atoms with E-state index < -0.39 is 0 Å². The van der Waals surface area contributed by atoms with E-state index in [2.05, 4.69) is 42.0 Å². The van der Waals surface area contributed by atoms with Gasteiger partial charge in [0, 0.05) is 23.0 Å². The van der Waals surface area contributed by atoms with Gasteiger partial charge < -0.3 is 15.4 Å². The molecule has 134 valence electrons. The van der Waals surface area contributed by atoms with Gasteiger partial charge in [0.1, 0.15) is 6.61 Å². The van der Waals surface area contributed by atoms with Crippen molar-refractivity contribution in [1.29, 1.82) is 0 Å². The Bertz CT molecular complexity index is 652. The van der Waals surface area contributed by atoms with E-state index >= 15 is 0 Å². The van der Waals surface area contributed by atoms with Gasteiger partial charge in [-0.05, 0) is 35.8 Å². The van der Waals surface area contributed by atoms with Crippen LogP contribution in [0.2, 0.25) is 0 Å². The van der Waals surface area contributed by atoms with Crippen LogP contribution in [0.25, 0.3) is 0 Å². The molecule has 1 aromatic heterocycles. The Morgan fingerprint density at radius 3 is 2.56 bits per heavy atom. The maximum Gasteiger partial charge on any atom is 0.407 e. The Morgan fingerprint density at radius 1 is 1.16 bits per heavy atom. The first kappa shape index (κ1) is 18.0. The van der Waals surface area contributed by atoms with Gasteiger partial charge in [-0.25, -0.2) is 4.79 Å². The highest BCUT2D eigenvalue weighted by atomic mass is 32.1. The Morgan fingerprint density at radius 2 is 1.92 bits per heavy atom. The van der Waals surface area contributed by atoms with E-state index in [0.717, 1.165) is 18.4 Å². The van der Waals surface area contributed by atoms with Crippen LogP contribution in [-0.4, -0.2) is 18.2 Å². The third-order valence-electron chi connectivity index (χ3n) is 4.60. The first-order valence-corrected chi connectivity index (χ1v) is 9.76. The topological polar surface area (TPSA) is 50.4 Å². The summed E-state index contributed by atoms with van der Waals surface area (Å²) >= 11 is 1.80. The second kappa shape index (κ2) is 8.50. The zero-order valence-corrected chi connectivity index (χ0v) is 15.6. The number of hydrogen-bond acceptors (Lipinski definition) is 4. The van der Waals surface area contributed by atoms with Crippen molar-refractivity contribution in [2.75, 3.05) is 0 Å². The molecule has 1 heterocycles. The number of carbonyl (C=O) groups is 1. The third-order valence-corrected chi connectivity index (χ3v) is 5.56. The molecule has 1 unspecified atom stereocenters. The van der Waals surface area contributed by atoms with Crippen LogP contribution in [0.5, 0.6) is 0 Å². The Balaban J connectivity index is 1.38. The van der Waals surface area contributed by atoms with Crippen molar-refractivity contribution < 1.29 is 9.53 Å². The Hall–Kier alpha value is -1.85. The maximum atomic E-state index is 11.9. The lowest BCUT2D eigenvalue weighted by Gasteiger charge is -2.39. The van der Waals surface area contributed by atoms with E-state index in [-0.39, 0.29) is 12.1 Å². The van der Waals surface area contributed by atoms with Gasteiger partial charge in [-0.15, -0.1) is 11.3 Å². The van der Waals surface area contributed by atoms with Crippen LogP contribution >= 0.6 is 11.3 Å². The van der Waals surface area contributed by atoms with E-state index in [9.17, 15) is 4.79 Å². The molecule has 0 aliphatic heterocycles. The van der Waals surface area contributed by atoms with Gasteiger partial charge in [0.05, 0.1) is 0 Å². The number of amides is 1. The largest absolute Gasteiger partial charge is 0.445 e. The van der Waals surface area contributed by atoms with Gasteiger partial charge in [-0.1, -0.05) is 50.2 Å². The summed E-state index contributed by atoms with van der Waals surface area (Å²) in [5.41, 5.74) is 1.00. The SMILES string of the molecule is CC(C)C(NC1CC(NC(=O)OCc2ccccc2)C1)c1cccs1. The van der Waals surface area contributed by atoms with Crippen molar-refractivity contribution in [2.24, 2.45) is 5.92 Å². The van der Waals surface area contributed by atoms with Crippen LogP contribution in [0.4, 0.5) is 4.79 Å². The van der Waals surface area contributed by atoms with Crippen LogP contribution in [-0.2, 0) is 11.3 Å². The highest BCUT2D eigenvalue weighted by Gasteiger charge is 2.33. The molecule has 0 bridgehead atoms. The molecule has 1 aliphatic carbocycles. The number of hydrogen-bond donors (Lipinski definition) is 2. The molecule has 1 atom stereocenters. The summed E-state index contributed by atoms with van der Waals surface area (Å²) in [5, 5.41) is 8.82. The fourth-order valence-corrected chi connectivity index (χ4v) is 4.09. The Labute approximate surface area is 153 Å². The summed E-state index contributed by atoms with van der Waals surface area (Å²) in [6, 6.07) is 15.1. The van der Waals surface area contributed by atoms with Crippen LogP contribution in [0.3, 0.4) is 0 Å². The quantitative estimate of drug-likeness (QED) is 0.766. The van der Waals surface area contributed by atoms with Crippen LogP contribution < -0.4 is 10.6 Å². The zero-order chi connectivity index (χ0) is 17.6. The van der Waals surface area contributed by atoms with Gasteiger partial charge in [0.2, 0.25) is 0 Å². The fourth-order valence-electron chi connectivity index (χ4n) is 3.13. The smallest absolute Gasteiger partial charge is 0.407 e. The molecule has 1 aromatic carbocycles. The van der Waals surface area contributed by atoms with Gasteiger partial charge in [-0.2, -0.15) is 0 Å². The van der Waals surface area contributed by atoms with E-state index in [4.69, 9.17) is 4.74 Å². The van der Waals surface area contributed by atoms with Crippen LogP contribution in [0.15, 0.2) is 47.8 Å². The van der Waals surface area contributed by atoms with Gasteiger partial charge in [0.15, 0.2) is 0 Å². The van der Waals surface area contributed by atoms with Gasteiger partial charge in [-0.3, -0.25) is 0 Å². The standard InChI is InChI=1S/C20H26N2O2S/c1-14(2)19(18-9-6-10-25-18)21-16-11-17(12-16)22-20(23)24-13-15-7-4-3-5-8-15/h3-10,14,16-17,19,21H,11-13H2,1-2H3,(H,22,23). The molecule has 1 aliphatic rings. The molecule has 0 spiro atoms. The number of carbonyl (C=O) groups excluding carboxylic acids is 1. The third kappa shape index (κ3) is 5.06. The second-order valence-electron chi connectivity index (χ2n) is 6.98. The van der Waals surface area contributed by atoms with E-state index in [1.54, 1.807) is 11.3 Å².